The van der Waals surface area contributed by atoms with Crippen LogP contribution in [0.3, 0.4) is 0 Å². The Morgan fingerprint density at radius 2 is 1.95 bits per heavy atom. The van der Waals surface area contributed by atoms with Gasteiger partial charge in [0.25, 0.3) is 5.91 Å². The van der Waals surface area contributed by atoms with Gasteiger partial charge in [-0.3, -0.25) is 9.78 Å². The first-order valence-corrected chi connectivity index (χ1v) is 7.62. The Labute approximate surface area is 132 Å². The summed E-state index contributed by atoms with van der Waals surface area (Å²) in [6, 6.07) is 0. The van der Waals surface area contributed by atoms with E-state index in [1.807, 2.05) is 13.8 Å². The minimum absolute atomic E-state index is 0.198. The highest BCUT2D eigenvalue weighted by atomic mass is 32.1. The largest absolute Gasteiger partial charge is 0.462 e. The van der Waals surface area contributed by atoms with Crippen LogP contribution in [-0.4, -0.2) is 28.5 Å². The Kier molecular flexibility index (Phi) is 4.87. The second kappa shape index (κ2) is 6.65. The summed E-state index contributed by atoms with van der Waals surface area (Å²) >= 11 is 1.34. The third-order valence-electron chi connectivity index (χ3n) is 3.11. The van der Waals surface area contributed by atoms with Gasteiger partial charge in [0.15, 0.2) is 0 Å². The normalized spacial score (nSPS) is 10.4. The van der Waals surface area contributed by atoms with Crippen molar-refractivity contribution < 1.29 is 14.3 Å². The number of hydrogen-bond acceptors (Lipinski definition) is 6. The predicted molar refractivity (Wildman–Crippen MR) is 84.5 cm³/mol. The number of carbonyl (C=O) groups is 2. The molecule has 0 bridgehead atoms. The van der Waals surface area contributed by atoms with Crippen LogP contribution in [0, 0.1) is 20.8 Å². The second-order valence-corrected chi connectivity index (χ2v) is 5.93. The average molecular weight is 319 g/mol. The van der Waals surface area contributed by atoms with Gasteiger partial charge in [-0.1, -0.05) is 0 Å². The Morgan fingerprint density at radius 3 is 2.55 bits per heavy atom. The van der Waals surface area contributed by atoms with Crippen LogP contribution in [0.1, 0.15) is 43.9 Å². The van der Waals surface area contributed by atoms with E-state index in [0.717, 1.165) is 16.1 Å². The van der Waals surface area contributed by atoms with Crippen molar-refractivity contribution in [3.63, 3.8) is 0 Å². The molecule has 0 aliphatic heterocycles. The van der Waals surface area contributed by atoms with Crippen LogP contribution in [0.25, 0.3) is 0 Å². The van der Waals surface area contributed by atoms with Gasteiger partial charge < -0.3 is 10.1 Å². The number of anilines is 1. The Morgan fingerprint density at radius 1 is 1.23 bits per heavy atom. The number of aryl methyl sites for hydroxylation is 2. The van der Waals surface area contributed by atoms with Crippen molar-refractivity contribution in [2.24, 2.45) is 0 Å². The molecule has 0 spiro atoms. The summed E-state index contributed by atoms with van der Waals surface area (Å²) in [5, 5.41) is 3.20. The summed E-state index contributed by atoms with van der Waals surface area (Å²) in [6.07, 6.45) is 2.92. The summed E-state index contributed by atoms with van der Waals surface area (Å²) in [4.78, 5) is 33.3. The molecule has 2 heterocycles. The van der Waals surface area contributed by atoms with E-state index in [2.05, 4.69) is 15.3 Å². The number of aromatic nitrogens is 2. The lowest BCUT2D eigenvalue weighted by atomic mass is 10.1. The van der Waals surface area contributed by atoms with Crippen LogP contribution in [0.15, 0.2) is 12.4 Å². The monoisotopic (exact) mass is 319 g/mol. The number of nitrogens with one attached hydrogen (secondary N) is 1. The molecule has 0 aliphatic rings. The van der Waals surface area contributed by atoms with Crippen molar-refractivity contribution in [3.8, 4) is 0 Å². The van der Waals surface area contributed by atoms with Gasteiger partial charge in [-0.05, 0) is 33.3 Å². The molecular formula is C15H17N3O3S. The average Bonchev–Trinajstić information content (AvgIpc) is 2.74. The third kappa shape index (κ3) is 3.30. The van der Waals surface area contributed by atoms with E-state index >= 15 is 0 Å². The number of thiophene rings is 1. The van der Waals surface area contributed by atoms with Crippen LogP contribution in [-0.2, 0) is 4.74 Å². The fourth-order valence-electron chi connectivity index (χ4n) is 1.84. The maximum absolute atomic E-state index is 12.2. The number of hydrogen-bond donors (Lipinski definition) is 1. The van der Waals surface area contributed by atoms with Crippen molar-refractivity contribution in [1.29, 1.82) is 0 Å². The summed E-state index contributed by atoms with van der Waals surface area (Å²) in [5.41, 5.74) is 2.14. The highest BCUT2D eigenvalue weighted by Gasteiger charge is 2.22. The SMILES string of the molecule is CCOC(=O)c1c(NC(=O)c2cnc(C)cn2)sc(C)c1C. The van der Waals surface area contributed by atoms with E-state index in [1.54, 1.807) is 13.8 Å². The third-order valence-corrected chi connectivity index (χ3v) is 4.23. The molecule has 7 heteroatoms. The van der Waals surface area contributed by atoms with Crippen molar-refractivity contribution >= 4 is 28.2 Å². The molecule has 0 saturated heterocycles. The molecule has 22 heavy (non-hydrogen) atoms. The van der Waals surface area contributed by atoms with Gasteiger partial charge in [0.2, 0.25) is 0 Å². The fourth-order valence-corrected chi connectivity index (χ4v) is 2.88. The lowest BCUT2D eigenvalue weighted by Crippen LogP contribution is -2.16. The Balaban J connectivity index is 2.29. The molecule has 0 radical (unpaired) electrons. The summed E-state index contributed by atoms with van der Waals surface area (Å²) in [5.74, 6) is -0.839. The zero-order chi connectivity index (χ0) is 16.3. The van der Waals surface area contributed by atoms with Gasteiger partial charge in [-0.2, -0.15) is 0 Å². The molecule has 0 unspecified atom stereocenters. The lowest BCUT2D eigenvalue weighted by molar-refractivity contribution is 0.0527. The zero-order valence-electron chi connectivity index (χ0n) is 12.9. The van der Waals surface area contributed by atoms with Gasteiger partial charge in [0.05, 0.1) is 24.1 Å². The first-order chi connectivity index (χ1) is 10.4. The fraction of sp³-hybridized carbons (Fsp3) is 0.333. The van der Waals surface area contributed by atoms with E-state index in [-0.39, 0.29) is 12.3 Å². The van der Waals surface area contributed by atoms with Crippen LogP contribution in [0.5, 0.6) is 0 Å². The highest BCUT2D eigenvalue weighted by Crippen LogP contribution is 2.33. The van der Waals surface area contributed by atoms with Gasteiger partial charge in [0, 0.05) is 11.1 Å². The predicted octanol–water partition coefficient (Wildman–Crippen LogP) is 2.89. The van der Waals surface area contributed by atoms with E-state index < -0.39 is 11.9 Å². The Bertz CT molecular complexity index is 708. The van der Waals surface area contributed by atoms with Crippen LogP contribution in [0.4, 0.5) is 5.00 Å². The molecule has 116 valence electrons. The van der Waals surface area contributed by atoms with E-state index in [1.165, 1.54) is 23.7 Å². The van der Waals surface area contributed by atoms with Crippen LogP contribution >= 0.6 is 11.3 Å². The summed E-state index contributed by atoms with van der Waals surface area (Å²) in [7, 11) is 0. The molecule has 2 rings (SSSR count). The molecule has 0 aromatic carbocycles. The first-order valence-electron chi connectivity index (χ1n) is 6.81. The van der Waals surface area contributed by atoms with Crippen molar-refractivity contribution in [2.45, 2.75) is 27.7 Å². The van der Waals surface area contributed by atoms with Crippen LogP contribution in [0.2, 0.25) is 0 Å². The van der Waals surface area contributed by atoms with Gasteiger partial charge >= 0.3 is 5.97 Å². The molecule has 1 N–H and O–H groups in total. The zero-order valence-corrected chi connectivity index (χ0v) is 13.7. The van der Waals surface area contributed by atoms with Crippen molar-refractivity contribution in [2.75, 3.05) is 11.9 Å². The highest BCUT2D eigenvalue weighted by molar-refractivity contribution is 7.16. The maximum Gasteiger partial charge on any atom is 0.341 e. The maximum atomic E-state index is 12.2. The quantitative estimate of drug-likeness (QED) is 0.876. The van der Waals surface area contributed by atoms with Gasteiger partial charge in [-0.25, -0.2) is 9.78 Å². The Hall–Kier alpha value is -2.28. The number of carbonyl (C=O) groups excluding carboxylic acids is 2. The molecule has 0 aliphatic carbocycles. The number of nitrogens with zero attached hydrogens (tertiary/aromatic N) is 2. The number of ether oxygens (including phenoxy) is 1. The minimum atomic E-state index is -0.436. The van der Waals surface area contributed by atoms with Crippen molar-refractivity contribution in [3.05, 3.63) is 39.8 Å². The number of esters is 1. The smallest absolute Gasteiger partial charge is 0.341 e. The molecule has 0 atom stereocenters. The standard InChI is InChI=1S/C15H17N3O3S/c1-5-21-15(20)12-9(3)10(4)22-14(12)18-13(19)11-7-16-8(2)6-17-11/h6-7H,5H2,1-4H3,(H,18,19). The van der Waals surface area contributed by atoms with E-state index in [9.17, 15) is 9.59 Å². The van der Waals surface area contributed by atoms with Crippen LogP contribution < -0.4 is 5.32 Å². The molecule has 2 aromatic rings. The number of rotatable bonds is 4. The van der Waals surface area contributed by atoms with Gasteiger partial charge in [0.1, 0.15) is 10.7 Å². The molecule has 0 fully saturated rings. The minimum Gasteiger partial charge on any atom is -0.462 e. The first kappa shape index (κ1) is 16.1. The molecule has 2 aromatic heterocycles. The molecule has 6 nitrogen and oxygen atoms in total. The van der Waals surface area contributed by atoms with Crippen molar-refractivity contribution in [1.82, 2.24) is 9.97 Å². The molecule has 0 saturated carbocycles. The second-order valence-electron chi connectivity index (χ2n) is 4.70. The topological polar surface area (TPSA) is 81.2 Å². The number of amides is 1. The lowest BCUT2D eigenvalue weighted by Gasteiger charge is -2.06. The summed E-state index contributed by atoms with van der Waals surface area (Å²) < 4.78 is 5.05. The molecule has 1 amide bonds. The van der Waals surface area contributed by atoms with Gasteiger partial charge in [-0.15, -0.1) is 11.3 Å². The van der Waals surface area contributed by atoms with E-state index in [0.29, 0.717) is 10.6 Å². The summed E-state index contributed by atoms with van der Waals surface area (Å²) in [6.45, 7) is 7.54. The molecular weight excluding hydrogens is 302 g/mol. The van der Waals surface area contributed by atoms with E-state index in [4.69, 9.17) is 4.74 Å².